The van der Waals surface area contributed by atoms with Gasteiger partial charge in [0.25, 0.3) is 0 Å². The van der Waals surface area contributed by atoms with Crippen LogP contribution in [0.1, 0.15) is 72.1 Å². The summed E-state index contributed by atoms with van der Waals surface area (Å²) in [5.74, 6) is -1.33. The molecule has 3 N–H and O–H groups in total. The van der Waals surface area contributed by atoms with Crippen LogP contribution in [0, 0.1) is 17.8 Å². The van der Waals surface area contributed by atoms with E-state index in [4.69, 9.17) is 9.47 Å². The number of hydrogen-bond donors (Lipinski definition) is 3. The van der Waals surface area contributed by atoms with Crippen LogP contribution in [-0.4, -0.2) is 76.8 Å². The molecule has 0 saturated carbocycles. The fourth-order valence-electron chi connectivity index (χ4n) is 5.21. The Labute approximate surface area is 236 Å². The number of ether oxygens (including phenoxy) is 2. The molecule has 39 heavy (non-hydrogen) atoms. The molecule has 2 aliphatic heterocycles. The van der Waals surface area contributed by atoms with Crippen molar-refractivity contribution >= 4 is 35.3 Å². The molecule has 2 aliphatic rings. The van der Waals surface area contributed by atoms with E-state index in [1.165, 1.54) is 18.9 Å². The minimum absolute atomic E-state index is 0.00841. The maximum absolute atomic E-state index is 13.0. The first-order valence-corrected chi connectivity index (χ1v) is 14.9. The van der Waals surface area contributed by atoms with Crippen LogP contribution in [0.25, 0.3) is 0 Å². The van der Waals surface area contributed by atoms with Gasteiger partial charge in [0.15, 0.2) is 0 Å². The molecule has 0 aromatic heterocycles. The lowest BCUT2D eigenvalue weighted by molar-refractivity contribution is -0.153. The average Bonchev–Trinajstić information content (AvgIpc) is 2.88. The second-order valence-electron chi connectivity index (χ2n) is 10.7. The Kier molecular flexibility index (Phi) is 14.4. The first kappa shape index (κ1) is 33.2. The van der Waals surface area contributed by atoms with E-state index < -0.39 is 30.1 Å². The number of carbonyl (C=O) groups excluding carboxylic acids is 4. The summed E-state index contributed by atoms with van der Waals surface area (Å²) in [5, 5.41) is 22.6. The third-order valence-corrected chi connectivity index (χ3v) is 8.73. The van der Waals surface area contributed by atoms with Crippen LogP contribution in [0.2, 0.25) is 0 Å². The number of aliphatic hydroxyl groups is 2. The lowest BCUT2D eigenvalue weighted by Crippen LogP contribution is -2.41. The monoisotopic (exact) mass is 567 g/mol. The second kappa shape index (κ2) is 16.9. The summed E-state index contributed by atoms with van der Waals surface area (Å²) in [6, 6.07) is 0. The molecule has 0 bridgehead atoms. The number of imide groups is 1. The summed E-state index contributed by atoms with van der Waals surface area (Å²) in [7, 11) is 1.52. The maximum Gasteiger partial charge on any atom is 0.307 e. The number of rotatable bonds is 11. The van der Waals surface area contributed by atoms with Crippen molar-refractivity contribution in [3.8, 4) is 0 Å². The summed E-state index contributed by atoms with van der Waals surface area (Å²) < 4.78 is 11.4. The molecule has 9 nitrogen and oxygen atoms in total. The molecule has 6 atom stereocenters. The van der Waals surface area contributed by atoms with Gasteiger partial charge in [0.2, 0.25) is 11.8 Å². The molecule has 1 saturated heterocycles. The molecular weight excluding hydrogens is 522 g/mol. The quantitative estimate of drug-likeness (QED) is 0.195. The van der Waals surface area contributed by atoms with Crippen LogP contribution >= 0.6 is 11.8 Å². The van der Waals surface area contributed by atoms with Gasteiger partial charge in [-0.2, -0.15) is 11.8 Å². The zero-order valence-corrected chi connectivity index (χ0v) is 24.4. The number of ketones is 1. The van der Waals surface area contributed by atoms with Gasteiger partial charge >= 0.3 is 5.97 Å². The number of hydrogen-bond acceptors (Lipinski definition) is 9. The molecule has 0 aromatic rings. The Morgan fingerprint density at radius 3 is 2.59 bits per heavy atom. The zero-order valence-electron chi connectivity index (χ0n) is 23.6. The van der Waals surface area contributed by atoms with Crippen LogP contribution in [0.5, 0.6) is 0 Å². The van der Waals surface area contributed by atoms with Gasteiger partial charge in [-0.3, -0.25) is 24.5 Å². The number of aliphatic hydroxyl groups excluding tert-OH is 2. The van der Waals surface area contributed by atoms with E-state index in [1.807, 2.05) is 12.2 Å². The van der Waals surface area contributed by atoms with Crippen LogP contribution < -0.4 is 5.32 Å². The minimum Gasteiger partial charge on any atom is -0.457 e. The lowest BCUT2D eigenvalue weighted by atomic mass is 9.87. The standard InChI is InChI=1S/C29H45NO8S/c1-18(23(32)10-7-8-21-15-25(33)30-26(34)16-21)14-19(2)29-20(3)28(36)24(37-4)11-6-5-9-22(39-13-12-31)17-27(35)38-29/h6,11,14,18,20-22,24,28-29,31,36H,5,7-10,12-13,15-17H2,1-4H3,(H,30,33,34)/b11-6+,19-14+/t18-,20-,22?,24-,28-,29-/m0/s1. The molecule has 0 aromatic carbocycles. The number of allylic oxidation sites excluding steroid dienone is 2. The average molecular weight is 568 g/mol. The molecule has 1 fully saturated rings. The van der Waals surface area contributed by atoms with Crippen molar-refractivity contribution in [2.45, 2.75) is 95.7 Å². The van der Waals surface area contributed by atoms with Gasteiger partial charge in [0.1, 0.15) is 18.0 Å². The highest BCUT2D eigenvalue weighted by Crippen LogP contribution is 2.28. The van der Waals surface area contributed by atoms with E-state index in [-0.39, 0.29) is 47.8 Å². The first-order valence-electron chi connectivity index (χ1n) is 13.9. The van der Waals surface area contributed by atoms with E-state index in [1.54, 1.807) is 26.8 Å². The van der Waals surface area contributed by atoms with Crippen LogP contribution in [0.15, 0.2) is 23.8 Å². The number of amides is 2. The number of thioether (sulfide) groups is 1. The minimum atomic E-state index is -0.937. The smallest absolute Gasteiger partial charge is 0.307 e. The molecule has 2 rings (SSSR count). The predicted molar refractivity (Wildman–Crippen MR) is 150 cm³/mol. The fraction of sp³-hybridized carbons (Fsp3) is 0.724. The van der Waals surface area contributed by atoms with E-state index >= 15 is 0 Å². The number of piperidine rings is 1. The van der Waals surface area contributed by atoms with Crippen molar-refractivity contribution in [2.24, 2.45) is 17.8 Å². The third kappa shape index (κ3) is 11.2. The first-order chi connectivity index (χ1) is 18.5. The highest BCUT2D eigenvalue weighted by Gasteiger charge is 2.34. The largest absolute Gasteiger partial charge is 0.457 e. The molecule has 0 radical (unpaired) electrons. The van der Waals surface area contributed by atoms with Gasteiger partial charge in [0, 0.05) is 49.2 Å². The van der Waals surface area contributed by atoms with Crippen molar-refractivity contribution in [3.63, 3.8) is 0 Å². The number of nitrogens with one attached hydrogen (secondary N) is 1. The van der Waals surface area contributed by atoms with Crippen molar-refractivity contribution < 1.29 is 38.9 Å². The number of esters is 1. The van der Waals surface area contributed by atoms with Crippen molar-refractivity contribution in [1.29, 1.82) is 0 Å². The predicted octanol–water partition coefficient (Wildman–Crippen LogP) is 3.12. The Morgan fingerprint density at radius 2 is 1.95 bits per heavy atom. The summed E-state index contributed by atoms with van der Waals surface area (Å²) in [6.45, 7) is 5.44. The van der Waals surface area contributed by atoms with E-state index in [9.17, 15) is 29.4 Å². The SMILES string of the molecule is CO[C@H]1/C=C/CCC(SCCO)CC(=O)O[C@@H](/C(C)=C/[C@H](C)C(=O)CCCC2CC(=O)NC(=O)C2)[C@@H](C)[C@@H]1O. The van der Waals surface area contributed by atoms with Gasteiger partial charge in [-0.15, -0.1) is 0 Å². The van der Waals surface area contributed by atoms with E-state index in [0.717, 1.165) is 6.42 Å². The Bertz CT molecular complexity index is 888. The molecule has 0 spiro atoms. The van der Waals surface area contributed by atoms with Gasteiger partial charge in [0.05, 0.1) is 19.1 Å². The van der Waals surface area contributed by atoms with Gasteiger partial charge in [-0.25, -0.2) is 0 Å². The Balaban J connectivity index is 2.11. The summed E-state index contributed by atoms with van der Waals surface area (Å²) in [6.07, 6.45) is 7.10. The number of cyclic esters (lactones) is 1. The van der Waals surface area contributed by atoms with Crippen molar-refractivity contribution in [1.82, 2.24) is 5.32 Å². The number of methoxy groups -OCH3 is 1. The van der Waals surface area contributed by atoms with Gasteiger partial charge in [-0.05, 0) is 44.1 Å². The van der Waals surface area contributed by atoms with Gasteiger partial charge < -0.3 is 19.7 Å². The van der Waals surface area contributed by atoms with Crippen molar-refractivity contribution in [3.05, 3.63) is 23.8 Å². The topological polar surface area (TPSA) is 139 Å². The van der Waals surface area contributed by atoms with Crippen LogP contribution in [-0.2, 0) is 28.7 Å². The van der Waals surface area contributed by atoms with Crippen LogP contribution in [0.3, 0.4) is 0 Å². The summed E-state index contributed by atoms with van der Waals surface area (Å²) >= 11 is 1.54. The van der Waals surface area contributed by atoms with E-state index in [2.05, 4.69) is 5.32 Å². The molecule has 220 valence electrons. The Morgan fingerprint density at radius 1 is 1.26 bits per heavy atom. The normalized spacial score (nSPS) is 29.5. The van der Waals surface area contributed by atoms with Gasteiger partial charge in [-0.1, -0.05) is 32.1 Å². The third-order valence-electron chi connectivity index (χ3n) is 7.44. The highest BCUT2D eigenvalue weighted by atomic mass is 32.2. The molecule has 10 heteroatoms. The zero-order chi connectivity index (χ0) is 28.9. The second-order valence-corrected chi connectivity index (χ2v) is 12.1. The Hall–Kier alpha value is -2.01. The highest BCUT2D eigenvalue weighted by molar-refractivity contribution is 7.99. The summed E-state index contributed by atoms with van der Waals surface area (Å²) in [5.41, 5.74) is 0.681. The molecule has 2 amide bonds. The molecular formula is C29H45NO8S. The molecule has 2 heterocycles. The fourth-order valence-corrected chi connectivity index (χ4v) is 6.21. The number of carbonyl (C=O) groups is 4. The van der Waals surface area contributed by atoms with Crippen LogP contribution in [0.4, 0.5) is 0 Å². The molecule has 0 aliphatic carbocycles. The molecule has 1 unspecified atom stereocenters. The lowest BCUT2D eigenvalue weighted by Gasteiger charge is -2.32. The van der Waals surface area contributed by atoms with E-state index in [0.29, 0.717) is 49.9 Å². The summed E-state index contributed by atoms with van der Waals surface area (Å²) in [4.78, 5) is 49.0. The van der Waals surface area contributed by atoms with Crippen molar-refractivity contribution in [2.75, 3.05) is 19.5 Å². The number of Topliss-reactive ketones (excluding diaryl/α,β-unsaturated/α-hetero) is 1. The maximum atomic E-state index is 13.0.